The third kappa shape index (κ3) is 11.2. The molecule has 0 bridgehead atoms. The maximum Gasteiger partial charge on any atom is 0.251 e. The minimum Gasteiger partial charge on any atom is -0.377 e. The molecule has 0 spiro atoms. The van der Waals surface area contributed by atoms with Gasteiger partial charge in [0.1, 0.15) is 0 Å². The summed E-state index contributed by atoms with van der Waals surface area (Å²) in [6.45, 7) is 10.0. The normalized spacial score (nSPS) is 11.6. The second-order valence-corrected chi connectivity index (χ2v) is 7.81. The monoisotopic (exact) mass is 473 g/mol. The summed E-state index contributed by atoms with van der Waals surface area (Å²) in [6.07, 6.45) is 3.13. The Balaban J connectivity index is 1.60. The summed E-state index contributed by atoms with van der Waals surface area (Å²) in [5, 5.41) is 12.6. The fraction of sp³-hybridized carbons (Fsp3) is 0.583. The van der Waals surface area contributed by atoms with Crippen LogP contribution in [0.5, 0.6) is 0 Å². The van der Waals surface area contributed by atoms with Gasteiger partial charge in [0.25, 0.3) is 5.91 Å². The molecule has 0 aliphatic carbocycles. The van der Waals surface area contributed by atoms with E-state index in [2.05, 4.69) is 57.0 Å². The quantitative estimate of drug-likeness (QED) is 0.242. The molecule has 4 N–H and O–H groups in total. The van der Waals surface area contributed by atoms with E-state index in [1.807, 2.05) is 18.2 Å². The number of ether oxygens (including phenoxy) is 2. The summed E-state index contributed by atoms with van der Waals surface area (Å²) >= 11 is 0. The number of hydrogen-bond acceptors (Lipinski definition) is 9. The highest BCUT2D eigenvalue weighted by molar-refractivity contribution is 5.94. The number of aromatic nitrogens is 3. The van der Waals surface area contributed by atoms with Crippen LogP contribution in [-0.2, 0) is 9.47 Å². The molecule has 10 heteroatoms. The zero-order chi connectivity index (χ0) is 24.4. The molecule has 0 aliphatic rings. The van der Waals surface area contributed by atoms with Gasteiger partial charge in [-0.05, 0) is 31.9 Å². The number of carbonyl (C=O) groups excluding carboxylic acids is 1. The lowest BCUT2D eigenvalue weighted by Crippen LogP contribution is -2.27. The molecule has 0 saturated heterocycles. The average molecular weight is 474 g/mol. The molecule has 1 amide bonds. The van der Waals surface area contributed by atoms with Crippen LogP contribution in [0.25, 0.3) is 0 Å². The molecule has 0 fully saturated rings. The van der Waals surface area contributed by atoms with Crippen molar-refractivity contribution in [3.05, 3.63) is 35.9 Å². The van der Waals surface area contributed by atoms with Gasteiger partial charge in [0.15, 0.2) is 0 Å². The van der Waals surface area contributed by atoms with E-state index in [-0.39, 0.29) is 11.9 Å². The van der Waals surface area contributed by atoms with E-state index in [1.165, 1.54) is 0 Å². The van der Waals surface area contributed by atoms with Gasteiger partial charge in [-0.2, -0.15) is 15.0 Å². The van der Waals surface area contributed by atoms with E-state index >= 15 is 0 Å². The SMILES string of the molecule is CCCCNc1nc(NCCOCCOCCNC(=O)c2ccccc2)nc(NC(C)CC)n1. The molecule has 1 unspecified atom stereocenters. The zero-order valence-electron chi connectivity index (χ0n) is 20.6. The number of nitrogens with one attached hydrogen (secondary N) is 4. The molecule has 1 aromatic carbocycles. The molecule has 188 valence electrons. The summed E-state index contributed by atoms with van der Waals surface area (Å²) in [6, 6.07) is 9.39. The summed E-state index contributed by atoms with van der Waals surface area (Å²) in [5.41, 5.74) is 0.642. The molecule has 2 aromatic rings. The molecule has 0 aliphatic heterocycles. The Morgan fingerprint density at radius 3 is 2.12 bits per heavy atom. The van der Waals surface area contributed by atoms with Gasteiger partial charge in [-0.3, -0.25) is 4.79 Å². The first-order valence-corrected chi connectivity index (χ1v) is 12.1. The lowest BCUT2D eigenvalue weighted by atomic mass is 10.2. The maximum absolute atomic E-state index is 11.9. The highest BCUT2D eigenvalue weighted by atomic mass is 16.5. The first-order chi connectivity index (χ1) is 16.6. The summed E-state index contributed by atoms with van der Waals surface area (Å²) < 4.78 is 11.1. The Hall–Kier alpha value is -2.98. The topological polar surface area (TPSA) is 122 Å². The Kier molecular flexibility index (Phi) is 13.3. The molecule has 2 rings (SSSR count). The Bertz CT molecular complexity index is 823. The largest absolute Gasteiger partial charge is 0.377 e. The number of anilines is 3. The smallest absolute Gasteiger partial charge is 0.251 e. The van der Waals surface area contributed by atoms with E-state index in [4.69, 9.17) is 9.47 Å². The standard InChI is InChI=1S/C24H39N7O3/c1-4-6-12-26-22-29-23(31-24(30-22)28-19(3)5-2)27-14-16-34-18-17-33-15-13-25-21(32)20-10-8-7-9-11-20/h7-11,19H,4-6,12-18H2,1-3H3,(H,25,32)(H3,26,27,28,29,30,31). The molecular formula is C24H39N7O3. The molecule has 1 aromatic heterocycles. The predicted molar refractivity (Wildman–Crippen MR) is 136 cm³/mol. The van der Waals surface area contributed by atoms with Gasteiger partial charge in [0, 0.05) is 31.2 Å². The minimum atomic E-state index is -0.101. The maximum atomic E-state index is 11.9. The van der Waals surface area contributed by atoms with Gasteiger partial charge >= 0.3 is 0 Å². The van der Waals surface area contributed by atoms with E-state index in [0.717, 1.165) is 25.8 Å². The lowest BCUT2D eigenvalue weighted by Gasteiger charge is -2.14. The number of nitrogens with zero attached hydrogens (tertiary/aromatic N) is 3. The van der Waals surface area contributed by atoms with Crippen LogP contribution in [0.3, 0.4) is 0 Å². The second kappa shape index (κ2) is 16.6. The van der Waals surface area contributed by atoms with E-state index < -0.39 is 0 Å². The van der Waals surface area contributed by atoms with Gasteiger partial charge in [-0.25, -0.2) is 0 Å². The zero-order valence-corrected chi connectivity index (χ0v) is 20.6. The van der Waals surface area contributed by atoms with Crippen molar-refractivity contribution in [1.29, 1.82) is 0 Å². The first-order valence-electron chi connectivity index (χ1n) is 12.1. The van der Waals surface area contributed by atoms with Crippen LogP contribution < -0.4 is 21.3 Å². The van der Waals surface area contributed by atoms with Crippen molar-refractivity contribution in [3.63, 3.8) is 0 Å². The molecule has 34 heavy (non-hydrogen) atoms. The van der Waals surface area contributed by atoms with E-state index in [0.29, 0.717) is 62.9 Å². The van der Waals surface area contributed by atoms with Crippen molar-refractivity contribution in [1.82, 2.24) is 20.3 Å². The van der Waals surface area contributed by atoms with Crippen molar-refractivity contribution >= 4 is 23.8 Å². The van der Waals surface area contributed by atoms with Crippen molar-refractivity contribution in [2.24, 2.45) is 0 Å². The van der Waals surface area contributed by atoms with Crippen LogP contribution in [0, 0.1) is 0 Å². The number of carbonyl (C=O) groups is 1. The van der Waals surface area contributed by atoms with Crippen LogP contribution in [0.1, 0.15) is 50.4 Å². The molecule has 1 heterocycles. The number of hydrogen-bond donors (Lipinski definition) is 4. The predicted octanol–water partition coefficient (Wildman–Crippen LogP) is 3.17. The third-order valence-corrected chi connectivity index (χ3v) is 4.91. The van der Waals surface area contributed by atoms with Crippen LogP contribution in [0.4, 0.5) is 17.8 Å². The molecule has 1 atom stereocenters. The van der Waals surface area contributed by atoms with Crippen LogP contribution in [-0.4, -0.2) is 73.0 Å². The van der Waals surface area contributed by atoms with Gasteiger partial charge < -0.3 is 30.7 Å². The summed E-state index contributed by atoms with van der Waals surface area (Å²) in [7, 11) is 0. The lowest BCUT2D eigenvalue weighted by molar-refractivity contribution is 0.0519. The van der Waals surface area contributed by atoms with Crippen molar-refractivity contribution in [2.75, 3.05) is 62.0 Å². The minimum absolute atomic E-state index is 0.101. The fourth-order valence-electron chi connectivity index (χ4n) is 2.78. The highest BCUT2D eigenvalue weighted by Gasteiger charge is 2.08. The van der Waals surface area contributed by atoms with Gasteiger partial charge in [-0.1, -0.05) is 38.5 Å². The summed E-state index contributed by atoms with van der Waals surface area (Å²) in [5.74, 6) is 1.52. The molecule has 10 nitrogen and oxygen atoms in total. The van der Waals surface area contributed by atoms with Gasteiger partial charge in [0.2, 0.25) is 17.8 Å². The molecule has 0 radical (unpaired) electrons. The fourth-order valence-corrected chi connectivity index (χ4v) is 2.78. The Morgan fingerprint density at radius 2 is 1.47 bits per heavy atom. The van der Waals surface area contributed by atoms with Gasteiger partial charge in [-0.15, -0.1) is 0 Å². The summed E-state index contributed by atoms with van der Waals surface area (Å²) in [4.78, 5) is 25.3. The van der Waals surface area contributed by atoms with Crippen LogP contribution >= 0.6 is 0 Å². The number of amides is 1. The Morgan fingerprint density at radius 1 is 0.853 bits per heavy atom. The van der Waals surface area contributed by atoms with Gasteiger partial charge in [0.05, 0.1) is 26.4 Å². The number of unbranched alkanes of at least 4 members (excludes halogenated alkanes) is 1. The third-order valence-electron chi connectivity index (χ3n) is 4.91. The Labute approximate surface area is 202 Å². The van der Waals surface area contributed by atoms with Crippen molar-refractivity contribution in [3.8, 4) is 0 Å². The molecular weight excluding hydrogens is 434 g/mol. The van der Waals surface area contributed by atoms with Crippen molar-refractivity contribution in [2.45, 2.75) is 46.1 Å². The number of rotatable bonds is 18. The average Bonchev–Trinajstić information content (AvgIpc) is 2.85. The number of benzene rings is 1. The van der Waals surface area contributed by atoms with E-state index in [9.17, 15) is 4.79 Å². The molecule has 0 saturated carbocycles. The van der Waals surface area contributed by atoms with Crippen LogP contribution in [0.2, 0.25) is 0 Å². The first kappa shape index (κ1) is 27.3. The van der Waals surface area contributed by atoms with E-state index in [1.54, 1.807) is 12.1 Å². The van der Waals surface area contributed by atoms with Crippen LogP contribution in [0.15, 0.2) is 30.3 Å². The highest BCUT2D eigenvalue weighted by Crippen LogP contribution is 2.11. The van der Waals surface area contributed by atoms with Crippen molar-refractivity contribution < 1.29 is 14.3 Å². The second-order valence-electron chi connectivity index (χ2n) is 7.81.